The summed E-state index contributed by atoms with van der Waals surface area (Å²) in [4.78, 5) is 24.2. The molecular formula is C30H34F3NO3S. The van der Waals surface area contributed by atoms with Gasteiger partial charge in [0, 0.05) is 17.4 Å². The van der Waals surface area contributed by atoms with Crippen molar-refractivity contribution in [1.82, 2.24) is 5.32 Å². The van der Waals surface area contributed by atoms with Gasteiger partial charge in [-0.15, -0.1) is 11.8 Å². The fourth-order valence-electron chi connectivity index (χ4n) is 4.30. The number of hydrogen-bond acceptors (Lipinski definition) is 3. The molecule has 0 aliphatic heterocycles. The quantitative estimate of drug-likeness (QED) is 0.248. The Morgan fingerprint density at radius 2 is 1.68 bits per heavy atom. The van der Waals surface area contributed by atoms with Gasteiger partial charge in [-0.1, -0.05) is 69.0 Å². The van der Waals surface area contributed by atoms with Gasteiger partial charge in [0.15, 0.2) is 0 Å². The molecule has 2 aromatic rings. The molecule has 4 nitrogen and oxygen atoms in total. The van der Waals surface area contributed by atoms with Crippen LogP contribution in [0.1, 0.15) is 90.6 Å². The van der Waals surface area contributed by atoms with Gasteiger partial charge >= 0.3 is 12.1 Å². The Morgan fingerprint density at radius 1 is 0.974 bits per heavy atom. The average Bonchev–Trinajstić information content (AvgIpc) is 2.90. The molecule has 1 aliphatic carbocycles. The molecule has 1 unspecified atom stereocenters. The first-order valence-electron chi connectivity index (χ1n) is 13.0. The van der Waals surface area contributed by atoms with Gasteiger partial charge in [-0.3, -0.25) is 9.59 Å². The minimum Gasteiger partial charge on any atom is -0.481 e. The van der Waals surface area contributed by atoms with Crippen molar-refractivity contribution in [2.75, 3.05) is 6.54 Å². The summed E-state index contributed by atoms with van der Waals surface area (Å²) in [5.74, 6) is -1.25. The smallest absolute Gasteiger partial charge is 0.416 e. The van der Waals surface area contributed by atoms with Gasteiger partial charge in [0.25, 0.3) is 5.91 Å². The van der Waals surface area contributed by atoms with Crippen LogP contribution in [-0.4, -0.2) is 23.5 Å². The van der Waals surface area contributed by atoms with Crippen molar-refractivity contribution in [1.29, 1.82) is 0 Å². The highest BCUT2D eigenvalue weighted by molar-refractivity contribution is 8.03. The zero-order valence-electron chi connectivity index (χ0n) is 21.5. The molecule has 2 aromatic carbocycles. The zero-order valence-corrected chi connectivity index (χ0v) is 22.3. The molecule has 8 heteroatoms. The number of halogens is 3. The van der Waals surface area contributed by atoms with Crippen LogP contribution >= 0.6 is 11.8 Å². The highest BCUT2D eigenvalue weighted by Crippen LogP contribution is 2.43. The number of unbranched alkanes of at least 4 members (excludes halogenated alkanes) is 3. The van der Waals surface area contributed by atoms with Crippen LogP contribution < -0.4 is 5.32 Å². The number of benzene rings is 2. The van der Waals surface area contributed by atoms with Crippen molar-refractivity contribution in [3.8, 4) is 0 Å². The molecule has 1 atom stereocenters. The molecule has 0 aromatic heterocycles. The summed E-state index contributed by atoms with van der Waals surface area (Å²) in [6, 6.07) is 12.8. The number of amides is 1. The molecule has 0 radical (unpaired) electrons. The number of aliphatic carboxylic acids is 1. The summed E-state index contributed by atoms with van der Waals surface area (Å²) < 4.78 is 38.6. The van der Waals surface area contributed by atoms with Gasteiger partial charge in [0.2, 0.25) is 0 Å². The van der Waals surface area contributed by atoms with Crippen LogP contribution in [0.5, 0.6) is 0 Å². The SMILES string of the molecule is CCCCCCC(SC1=CC=C(c2ccc(C(F)(F)F)cc2)CC1)c1ccc(C(=O)NCCC(=O)O)cc1. The van der Waals surface area contributed by atoms with E-state index < -0.39 is 17.7 Å². The standard InChI is InChI=1S/C30H34F3NO3S/c1-2-3-4-5-6-27(23-7-9-24(10-8-23)29(37)34-20-19-28(35)36)38-26-17-13-22(14-18-26)21-11-15-25(16-12-21)30(31,32)33/h7-13,15-17,27H,2-6,14,18-20H2,1H3,(H,34,37)(H,35,36). The second-order valence-electron chi connectivity index (χ2n) is 9.38. The van der Waals surface area contributed by atoms with Crippen LogP contribution in [0.3, 0.4) is 0 Å². The highest BCUT2D eigenvalue weighted by Gasteiger charge is 2.30. The molecule has 1 aliphatic rings. The summed E-state index contributed by atoms with van der Waals surface area (Å²) in [7, 11) is 0. The molecule has 1 amide bonds. The van der Waals surface area contributed by atoms with Gasteiger partial charge in [-0.05, 0) is 65.1 Å². The first-order valence-corrected chi connectivity index (χ1v) is 13.9. The number of carbonyl (C=O) groups excluding carboxylic acids is 1. The first kappa shape index (κ1) is 29.6. The average molecular weight is 546 g/mol. The number of hydrogen-bond donors (Lipinski definition) is 2. The first-order chi connectivity index (χ1) is 18.2. The molecule has 0 spiro atoms. The molecule has 2 N–H and O–H groups in total. The number of allylic oxidation sites excluding steroid dienone is 4. The topological polar surface area (TPSA) is 66.4 Å². The third-order valence-electron chi connectivity index (χ3n) is 6.48. The van der Waals surface area contributed by atoms with Gasteiger partial charge in [0.05, 0.1) is 12.0 Å². The fourth-order valence-corrected chi connectivity index (χ4v) is 5.61. The van der Waals surface area contributed by atoms with Gasteiger partial charge in [-0.25, -0.2) is 0 Å². The normalized spacial score (nSPS) is 14.4. The van der Waals surface area contributed by atoms with Crippen molar-refractivity contribution in [3.63, 3.8) is 0 Å². The number of thioether (sulfide) groups is 1. The van der Waals surface area contributed by atoms with Crippen LogP contribution in [0.25, 0.3) is 5.57 Å². The number of rotatable bonds is 13. The van der Waals surface area contributed by atoms with Gasteiger partial charge in [-0.2, -0.15) is 13.2 Å². The number of carbonyl (C=O) groups is 2. The Labute approximate surface area is 226 Å². The van der Waals surface area contributed by atoms with Crippen molar-refractivity contribution < 1.29 is 27.9 Å². The third kappa shape index (κ3) is 9.08. The lowest BCUT2D eigenvalue weighted by atomic mass is 9.96. The minimum atomic E-state index is -4.34. The predicted octanol–water partition coefficient (Wildman–Crippen LogP) is 8.42. The lowest BCUT2D eigenvalue weighted by Crippen LogP contribution is -2.25. The van der Waals surface area contributed by atoms with Crippen molar-refractivity contribution >= 4 is 29.2 Å². The van der Waals surface area contributed by atoms with E-state index in [4.69, 9.17) is 5.11 Å². The number of nitrogens with one attached hydrogen (secondary N) is 1. The Morgan fingerprint density at radius 3 is 2.26 bits per heavy atom. The summed E-state index contributed by atoms with van der Waals surface area (Å²) in [5, 5.41) is 11.6. The molecular weight excluding hydrogens is 511 g/mol. The van der Waals surface area contributed by atoms with Crippen LogP contribution in [-0.2, 0) is 11.0 Å². The molecule has 204 valence electrons. The van der Waals surface area contributed by atoms with Gasteiger partial charge < -0.3 is 10.4 Å². The molecule has 3 rings (SSSR count). The van der Waals surface area contributed by atoms with E-state index in [1.807, 2.05) is 30.0 Å². The summed E-state index contributed by atoms with van der Waals surface area (Å²) in [6.07, 6.45) is 6.83. The molecule has 0 heterocycles. The molecule has 0 bridgehead atoms. The van der Waals surface area contributed by atoms with Crippen LogP contribution in [0.15, 0.2) is 65.6 Å². The number of alkyl halides is 3. The molecule has 0 saturated carbocycles. The lowest BCUT2D eigenvalue weighted by Gasteiger charge is -2.22. The zero-order chi connectivity index (χ0) is 27.5. The maximum Gasteiger partial charge on any atom is 0.416 e. The number of carboxylic acids is 1. The van der Waals surface area contributed by atoms with Crippen LogP contribution in [0.4, 0.5) is 13.2 Å². The van der Waals surface area contributed by atoms with E-state index in [0.717, 1.165) is 67.4 Å². The predicted molar refractivity (Wildman–Crippen MR) is 147 cm³/mol. The van der Waals surface area contributed by atoms with E-state index in [9.17, 15) is 22.8 Å². The highest BCUT2D eigenvalue weighted by atomic mass is 32.2. The maximum atomic E-state index is 12.9. The molecule has 0 fully saturated rings. The van der Waals surface area contributed by atoms with E-state index in [0.29, 0.717) is 5.56 Å². The Kier molecular flexibility index (Phi) is 11.1. The maximum absolute atomic E-state index is 12.9. The Hall–Kier alpha value is -3.00. The largest absolute Gasteiger partial charge is 0.481 e. The van der Waals surface area contributed by atoms with Crippen molar-refractivity contribution in [2.45, 2.75) is 69.7 Å². The summed E-state index contributed by atoms with van der Waals surface area (Å²) in [6.45, 7) is 2.27. The van der Waals surface area contributed by atoms with E-state index in [-0.39, 0.29) is 24.1 Å². The lowest BCUT2D eigenvalue weighted by molar-refractivity contribution is -0.138. The fraction of sp³-hybridized carbons (Fsp3) is 0.400. The second-order valence-corrected chi connectivity index (χ2v) is 10.7. The monoisotopic (exact) mass is 545 g/mol. The minimum absolute atomic E-state index is 0.0853. The van der Waals surface area contributed by atoms with Crippen molar-refractivity contribution in [3.05, 3.63) is 87.8 Å². The van der Waals surface area contributed by atoms with Crippen LogP contribution in [0, 0.1) is 0 Å². The summed E-state index contributed by atoms with van der Waals surface area (Å²) >= 11 is 1.81. The summed E-state index contributed by atoms with van der Waals surface area (Å²) in [5.41, 5.74) is 2.83. The van der Waals surface area contributed by atoms with E-state index in [1.54, 1.807) is 12.1 Å². The van der Waals surface area contributed by atoms with Crippen LogP contribution in [0.2, 0.25) is 0 Å². The second kappa shape index (κ2) is 14.2. The van der Waals surface area contributed by atoms with E-state index >= 15 is 0 Å². The van der Waals surface area contributed by atoms with E-state index in [2.05, 4.69) is 18.3 Å². The van der Waals surface area contributed by atoms with Crippen molar-refractivity contribution in [2.24, 2.45) is 0 Å². The Balaban J connectivity index is 1.68. The molecule has 0 saturated heterocycles. The van der Waals surface area contributed by atoms with Gasteiger partial charge in [0.1, 0.15) is 0 Å². The third-order valence-corrected chi connectivity index (χ3v) is 7.91. The van der Waals surface area contributed by atoms with E-state index in [1.165, 1.54) is 23.5 Å². The number of carboxylic acid groups (broad SMARTS) is 1. The molecule has 38 heavy (non-hydrogen) atoms. The Bertz CT molecular complexity index is 1140.